The number of nitrogens with zero attached hydrogens (tertiary/aromatic N) is 2. The molecule has 0 spiro atoms. The van der Waals surface area contributed by atoms with E-state index >= 15 is 0 Å². The van der Waals surface area contributed by atoms with Crippen LogP contribution in [0, 0.1) is 5.92 Å². The quantitative estimate of drug-likeness (QED) is 0.346. The van der Waals surface area contributed by atoms with Crippen molar-refractivity contribution < 1.29 is 9.53 Å². The van der Waals surface area contributed by atoms with Crippen molar-refractivity contribution in [2.75, 3.05) is 11.5 Å². The summed E-state index contributed by atoms with van der Waals surface area (Å²) >= 11 is 8.78. The number of carbonyl (C=O) groups excluding carboxylic acids is 1. The molecular weight excluding hydrogens is 414 g/mol. The van der Waals surface area contributed by atoms with Crippen molar-refractivity contribution in [3.63, 3.8) is 0 Å². The molecule has 1 aliphatic heterocycles. The topological polar surface area (TPSA) is 78.1 Å². The molecule has 1 aliphatic rings. The van der Waals surface area contributed by atoms with Gasteiger partial charge in [-0.15, -0.1) is 11.3 Å². The van der Waals surface area contributed by atoms with Gasteiger partial charge in [0.25, 0.3) is 0 Å². The number of aromatic nitrogens is 2. The van der Waals surface area contributed by atoms with E-state index in [0.717, 1.165) is 16.6 Å². The summed E-state index contributed by atoms with van der Waals surface area (Å²) in [7, 11) is 0. The Labute approximate surface area is 176 Å². The zero-order chi connectivity index (χ0) is 19.8. The van der Waals surface area contributed by atoms with Gasteiger partial charge in [0.1, 0.15) is 10.6 Å². The fourth-order valence-corrected chi connectivity index (χ4v) is 5.29. The third kappa shape index (κ3) is 3.89. The highest BCUT2D eigenvalue weighted by Gasteiger charge is 2.27. The second-order valence-corrected chi connectivity index (χ2v) is 9.55. The van der Waals surface area contributed by atoms with E-state index in [0.29, 0.717) is 34.1 Å². The number of hydrogen-bond donors (Lipinski definition) is 1. The van der Waals surface area contributed by atoms with Crippen molar-refractivity contribution >= 4 is 56.5 Å². The number of fused-ring (bicyclic) bond motifs is 3. The lowest BCUT2D eigenvalue weighted by Gasteiger charge is -2.26. The average Bonchev–Trinajstić information content (AvgIpc) is 3.04. The smallest absolute Gasteiger partial charge is 0.191 e. The number of carbonyl (C=O) groups is 1. The van der Waals surface area contributed by atoms with Gasteiger partial charge in [0.15, 0.2) is 10.9 Å². The van der Waals surface area contributed by atoms with Crippen LogP contribution in [-0.2, 0) is 17.8 Å². The third-order valence-electron chi connectivity index (χ3n) is 4.82. The first-order valence-corrected chi connectivity index (χ1v) is 11.2. The van der Waals surface area contributed by atoms with E-state index in [1.807, 2.05) is 0 Å². The van der Waals surface area contributed by atoms with Crippen molar-refractivity contribution in [3.8, 4) is 0 Å². The van der Waals surface area contributed by atoms with Gasteiger partial charge in [-0.25, -0.2) is 9.97 Å². The zero-order valence-electron chi connectivity index (χ0n) is 15.6. The minimum absolute atomic E-state index is 0.00239. The molecule has 0 saturated carbocycles. The number of anilines is 1. The number of hydrogen-bond acceptors (Lipinski definition) is 7. The first-order chi connectivity index (χ1) is 13.4. The first-order valence-electron chi connectivity index (χ1n) is 9.03. The number of nitrogen functional groups attached to an aromatic ring is 1. The van der Waals surface area contributed by atoms with E-state index in [1.165, 1.54) is 22.2 Å². The van der Waals surface area contributed by atoms with Gasteiger partial charge in [0, 0.05) is 21.9 Å². The molecular formula is C20H20ClN3O2S2. The number of ether oxygens (including phenoxy) is 1. The summed E-state index contributed by atoms with van der Waals surface area (Å²) in [6, 6.07) is 6.87. The molecule has 1 aromatic carbocycles. The highest BCUT2D eigenvalue weighted by molar-refractivity contribution is 7.99. The van der Waals surface area contributed by atoms with Crippen LogP contribution in [0.1, 0.15) is 34.6 Å². The molecule has 3 aromatic rings. The Morgan fingerprint density at radius 3 is 2.82 bits per heavy atom. The zero-order valence-corrected chi connectivity index (χ0v) is 18.0. The number of Topliss-reactive ketones (excluding diaryl/α,β-unsaturated/α-hetero) is 1. The predicted octanol–water partition coefficient (Wildman–Crippen LogP) is 5.00. The van der Waals surface area contributed by atoms with Crippen LogP contribution >= 0.6 is 34.7 Å². The van der Waals surface area contributed by atoms with Crippen LogP contribution in [0.2, 0.25) is 5.02 Å². The van der Waals surface area contributed by atoms with Crippen LogP contribution < -0.4 is 5.73 Å². The van der Waals surface area contributed by atoms with E-state index in [2.05, 4.69) is 23.8 Å². The van der Waals surface area contributed by atoms with Crippen LogP contribution in [0.3, 0.4) is 0 Å². The summed E-state index contributed by atoms with van der Waals surface area (Å²) < 4.78 is 5.96. The Hall–Kier alpha value is -1.67. The lowest BCUT2D eigenvalue weighted by Crippen LogP contribution is -2.26. The molecule has 0 unspecified atom stereocenters. The van der Waals surface area contributed by atoms with Gasteiger partial charge in [0.2, 0.25) is 0 Å². The molecule has 2 N–H and O–H groups in total. The van der Waals surface area contributed by atoms with Crippen molar-refractivity contribution in [1.29, 1.82) is 0 Å². The summed E-state index contributed by atoms with van der Waals surface area (Å²) in [5.41, 5.74) is 8.12. The molecule has 4 rings (SSSR count). The van der Waals surface area contributed by atoms with E-state index in [4.69, 9.17) is 22.1 Å². The minimum Gasteiger partial charge on any atom is -0.383 e. The molecule has 3 heterocycles. The second kappa shape index (κ2) is 7.99. The van der Waals surface area contributed by atoms with Crippen LogP contribution in [0.4, 0.5) is 5.82 Å². The largest absolute Gasteiger partial charge is 0.383 e. The molecule has 0 saturated heterocycles. The van der Waals surface area contributed by atoms with Gasteiger partial charge >= 0.3 is 0 Å². The molecule has 0 bridgehead atoms. The monoisotopic (exact) mass is 433 g/mol. The molecule has 2 aromatic heterocycles. The van der Waals surface area contributed by atoms with Gasteiger partial charge in [0.05, 0.1) is 23.8 Å². The highest BCUT2D eigenvalue weighted by Crippen LogP contribution is 2.39. The number of nitrogens with two attached hydrogens (primary N) is 1. The maximum atomic E-state index is 12.4. The Bertz CT molecular complexity index is 1030. The molecule has 146 valence electrons. The van der Waals surface area contributed by atoms with Gasteiger partial charge in [-0.05, 0) is 35.7 Å². The number of thioether (sulfide) groups is 1. The first kappa shape index (κ1) is 19.6. The summed E-state index contributed by atoms with van der Waals surface area (Å²) in [4.78, 5) is 23.5. The van der Waals surface area contributed by atoms with E-state index in [9.17, 15) is 4.79 Å². The van der Waals surface area contributed by atoms with Crippen LogP contribution in [0.15, 0.2) is 29.4 Å². The Morgan fingerprint density at radius 2 is 2.11 bits per heavy atom. The Balaban J connectivity index is 1.55. The standard InChI is InChI=1S/C20H20ClN3O2S2/c1-10(2)15-7-13-16(8-26-15)28-19-17(13)18(22)23-20(24-19)27-9-14(25)11-3-5-12(21)6-4-11/h3-6,10,15H,7-9H2,1-2H3,(H2,22,23,24)/t15-/m0/s1. The van der Waals surface area contributed by atoms with Crippen molar-refractivity contribution in [2.45, 2.75) is 38.1 Å². The molecule has 5 nitrogen and oxygen atoms in total. The fraction of sp³-hybridized carbons (Fsp3) is 0.350. The van der Waals surface area contributed by atoms with Gasteiger partial charge < -0.3 is 10.5 Å². The summed E-state index contributed by atoms with van der Waals surface area (Å²) in [5, 5.41) is 2.07. The predicted molar refractivity (Wildman–Crippen MR) is 115 cm³/mol. The Kier molecular flexibility index (Phi) is 5.60. The summed E-state index contributed by atoms with van der Waals surface area (Å²) in [6.45, 7) is 4.92. The maximum Gasteiger partial charge on any atom is 0.191 e. The number of benzene rings is 1. The SMILES string of the molecule is CC(C)[C@@H]1Cc2c(sc3nc(SCC(=O)c4ccc(Cl)cc4)nc(N)c23)CO1. The van der Waals surface area contributed by atoms with Crippen LogP contribution in [-0.4, -0.2) is 27.6 Å². The van der Waals surface area contributed by atoms with E-state index in [-0.39, 0.29) is 17.6 Å². The molecule has 0 fully saturated rings. The van der Waals surface area contributed by atoms with Crippen molar-refractivity contribution in [3.05, 3.63) is 45.3 Å². The second-order valence-electron chi connectivity index (χ2n) is 7.09. The molecule has 0 radical (unpaired) electrons. The van der Waals surface area contributed by atoms with Gasteiger partial charge in [-0.3, -0.25) is 4.79 Å². The van der Waals surface area contributed by atoms with Gasteiger partial charge in [-0.2, -0.15) is 0 Å². The lowest BCUT2D eigenvalue weighted by atomic mass is 9.96. The third-order valence-corrected chi connectivity index (χ3v) is 7.02. The van der Waals surface area contributed by atoms with E-state index in [1.54, 1.807) is 35.6 Å². The number of rotatable bonds is 5. The van der Waals surface area contributed by atoms with Crippen molar-refractivity contribution in [2.24, 2.45) is 5.92 Å². The number of ketones is 1. The van der Waals surface area contributed by atoms with E-state index < -0.39 is 0 Å². The van der Waals surface area contributed by atoms with Crippen molar-refractivity contribution in [1.82, 2.24) is 9.97 Å². The average molecular weight is 434 g/mol. The maximum absolute atomic E-state index is 12.4. The fourth-order valence-electron chi connectivity index (χ4n) is 3.23. The number of thiophene rings is 1. The molecule has 28 heavy (non-hydrogen) atoms. The molecule has 0 aliphatic carbocycles. The van der Waals surface area contributed by atoms with Gasteiger partial charge in [-0.1, -0.05) is 37.2 Å². The van der Waals surface area contributed by atoms with Crippen LogP contribution in [0.25, 0.3) is 10.2 Å². The summed E-state index contributed by atoms with van der Waals surface area (Å²) in [5.74, 6) is 1.17. The normalized spacial score (nSPS) is 16.5. The van der Waals surface area contributed by atoms with Crippen LogP contribution in [0.5, 0.6) is 0 Å². The highest BCUT2D eigenvalue weighted by atomic mass is 35.5. The number of halogens is 1. The Morgan fingerprint density at radius 1 is 1.36 bits per heavy atom. The lowest BCUT2D eigenvalue weighted by molar-refractivity contribution is 0.00203. The summed E-state index contributed by atoms with van der Waals surface area (Å²) in [6.07, 6.45) is 1.03. The molecule has 0 amide bonds. The minimum atomic E-state index is 0.00239. The molecule has 8 heteroatoms. The molecule has 1 atom stereocenters.